The molecular formula is C10H16N2O. The van der Waals surface area contributed by atoms with Gasteiger partial charge in [0.1, 0.15) is 0 Å². The van der Waals surface area contributed by atoms with Gasteiger partial charge < -0.3 is 5.11 Å². The lowest BCUT2D eigenvalue weighted by Crippen LogP contribution is -2.31. The van der Waals surface area contributed by atoms with Crippen LogP contribution in [-0.2, 0) is 6.54 Å². The number of hydrazine groups is 1. The van der Waals surface area contributed by atoms with Crippen LogP contribution in [0.5, 0.6) is 0 Å². The Morgan fingerprint density at radius 3 is 2.54 bits per heavy atom. The summed E-state index contributed by atoms with van der Waals surface area (Å²) in [5, 5.41) is 10.3. The third-order valence-corrected chi connectivity index (χ3v) is 1.83. The van der Waals surface area contributed by atoms with Crippen molar-refractivity contribution in [3.8, 4) is 0 Å². The van der Waals surface area contributed by atoms with Crippen molar-refractivity contribution in [1.82, 2.24) is 5.01 Å². The Hall–Kier alpha value is -0.900. The summed E-state index contributed by atoms with van der Waals surface area (Å²) in [5.74, 6) is 5.71. The highest BCUT2D eigenvalue weighted by Gasteiger charge is 1.98. The Labute approximate surface area is 78.8 Å². The maximum absolute atomic E-state index is 8.60. The van der Waals surface area contributed by atoms with Gasteiger partial charge in [0.05, 0.1) is 0 Å². The molecule has 0 aliphatic carbocycles. The van der Waals surface area contributed by atoms with E-state index in [1.165, 1.54) is 5.56 Å². The number of hydrogen-bond donors (Lipinski definition) is 2. The summed E-state index contributed by atoms with van der Waals surface area (Å²) in [6.45, 7) is 1.66. The molecule has 0 fully saturated rings. The second-order valence-electron chi connectivity index (χ2n) is 3.03. The van der Waals surface area contributed by atoms with E-state index in [-0.39, 0.29) is 6.61 Å². The SMILES string of the molecule is NN(CCCO)Cc1ccccc1. The smallest absolute Gasteiger partial charge is 0.0443 e. The fourth-order valence-electron chi connectivity index (χ4n) is 1.17. The summed E-state index contributed by atoms with van der Waals surface area (Å²) in [6, 6.07) is 10.1. The van der Waals surface area contributed by atoms with Crippen molar-refractivity contribution in [1.29, 1.82) is 0 Å². The molecule has 1 aromatic carbocycles. The Kier molecular flexibility index (Phi) is 4.46. The Balaban J connectivity index is 2.32. The molecule has 0 spiro atoms. The highest BCUT2D eigenvalue weighted by Crippen LogP contribution is 2.00. The van der Waals surface area contributed by atoms with E-state index in [4.69, 9.17) is 10.9 Å². The van der Waals surface area contributed by atoms with Crippen molar-refractivity contribution in [3.05, 3.63) is 35.9 Å². The van der Waals surface area contributed by atoms with Gasteiger partial charge in [-0.3, -0.25) is 5.84 Å². The number of nitrogens with two attached hydrogens (primary N) is 1. The van der Waals surface area contributed by atoms with E-state index in [2.05, 4.69) is 0 Å². The summed E-state index contributed by atoms with van der Waals surface area (Å²) in [6.07, 6.45) is 0.726. The van der Waals surface area contributed by atoms with Crippen LogP contribution in [0.25, 0.3) is 0 Å². The predicted molar refractivity (Wildman–Crippen MR) is 52.7 cm³/mol. The quantitative estimate of drug-likeness (QED) is 0.519. The largest absolute Gasteiger partial charge is 0.396 e. The zero-order valence-corrected chi connectivity index (χ0v) is 7.69. The molecule has 0 atom stereocenters. The average molecular weight is 180 g/mol. The van der Waals surface area contributed by atoms with Gasteiger partial charge >= 0.3 is 0 Å². The lowest BCUT2D eigenvalue weighted by atomic mass is 10.2. The molecular weight excluding hydrogens is 164 g/mol. The third-order valence-electron chi connectivity index (χ3n) is 1.83. The molecule has 3 N–H and O–H groups in total. The monoisotopic (exact) mass is 180 g/mol. The number of hydrogen-bond acceptors (Lipinski definition) is 3. The summed E-state index contributed by atoms with van der Waals surface area (Å²) < 4.78 is 0. The van der Waals surface area contributed by atoms with Gasteiger partial charge in [-0.25, -0.2) is 5.01 Å². The molecule has 0 radical (unpaired) electrons. The van der Waals surface area contributed by atoms with Crippen molar-refractivity contribution >= 4 is 0 Å². The van der Waals surface area contributed by atoms with E-state index in [0.29, 0.717) is 0 Å². The minimum Gasteiger partial charge on any atom is -0.396 e. The van der Waals surface area contributed by atoms with Crippen LogP contribution in [0.3, 0.4) is 0 Å². The summed E-state index contributed by atoms with van der Waals surface area (Å²) in [7, 11) is 0. The molecule has 0 saturated heterocycles. The van der Waals surface area contributed by atoms with Crippen LogP contribution in [0.15, 0.2) is 30.3 Å². The first-order chi connectivity index (χ1) is 6.33. The first kappa shape index (κ1) is 10.2. The molecule has 1 aromatic rings. The van der Waals surface area contributed by atoms with Crippen LogP contribution in [0.2, 0.25) is 0 Å². The van der Waals surface area contributed by atoms with Crippen LogP contribution in [0, 0.1) is 0 Å². The minimum absolute atomic E-state index is 0.197. The second kappa shape index (κ2) is 5.70. The topological polar surface area (TPSA) is 49.5 Å². The zero-order chi connectivity index (χ0) is 9.52. The molecule has 0 saturated carbocycles. The van der Waals surface area contributed by atoms with Crippen molar-refractivity contribution in [2.75, 3.05) is 13.2 Å². The molecule has 3 nitrogen and oxygen atoms in total. The fourth-order valence-corrected chi connectivity index (χ4v) is 1.17. The number of aliphatic hydroxyl groups excluding tert-OH is 1. The maximum Gasteiger partial charge on any atom is 0.0443 e. The Morgan fingerprint density at radius 2 is 1.92 bits per heavy atom. The summed E-state index contributed by atoms with van der Waals surface area (Å²) in [5.41, 5.74) is 1.20. The van der Waals surface area contributed by atoms with Crippen LogP contribution in [-0.4, -0.2) is 23.3 Å². The standard InChI is InChI=1S/C10H16N2O/c11-12(7-4-8-13)9-10-5-2-1-3-6-10/h1-3,5-6,13H,4,7-9,11H2. The number of aliphatic hydroxyl groups is 1. The van der Waals surface area contributed by atoms with Gasteiger partial charge in [0.25, 0.3) is 0 Å². The fraction of sp³-hybridized carbons (Fsp3) is 0.400. The molecule has 0 aromatic heterocycles. The van der Waals surface area contributed by atoms with Crippen LogP contribution >= 0.6 is 0 Å². The van der Waals surface area contributed by atoms with E-state index in [0.717, 1.165) is 19.5 Å². The molecule has 0 unspecified atom stereocenters. The molecule has 0 heterocycles. The number of rotatable bonds is 5. The van der Waals surface area contributed by atoms with Gasteiger partial charge in [-0.1, -0.05) is 30.3 Å². The van der Waals surface area contributed by atoms with Gasteiger partial charge in [-0.15, -0.1) is 0 Å². The first-order valence-electron chi connectivity index (χ1n) is 4.47. The molecule has 0 aliphatic heterocycles. The second-order valence-corrected chi connectivity index (χ2v) is 3.03. The zero-order valence-electron chi connectivity index (χ0n) is 7.69. The highest BCUT2D eigenvalue weighted by molar-refractivity contribution is 5.14. The third kappa shape index (κ3) is 4.03. The Bertz CT molecular complexity index is 226. The molecule has 0 aliphatic rings. The van der Waals surface area contributed by atoms with E-state index in [9.17, 15) is 0 Å². The molecule has 3 heteroatoms. The Morgan fingerprint density at radius 1 is 1.23 bits per heavy atom. The first-order valence-corrected chi connectivity index (χ1v) is 4.47. The van der Waals surface area contributed by atoms with Gasteiger partial charge in [0.15, 0.2) is 0 Å². The molecule has 0 amide bonds. The van der Waals surface area contributed by atoms with E-state index >= 15 is 0 Å². The molecule has 0 bridgehead atoms. The predicted octanol–water partition coefficient (Wildman–Crippen LogP) is 0.745. The summed E-state index contributed by atoms with van der Waals surface area (Å²) in [4.78, 5) is 0. The van der Waals surface area contributed by atoms with Crippen molar-refractivity contribution in [2.45, 2.75) is 13.0 Å². The molecule has 1 rings (SSSR count). The number of benzene rings is 1. The minimum atomic E-state index is 0.197. The molecule has 13 heavy (non-hydrogen) atoms. The van der Waals surface area contributed by atoms with Crippen molar-refractivity contribution in [2.24, 2.45) is 5.84 Å². The van der Waals surface area contributed by atoms with E-state index in [1.807, 2.05) is 30.3 Å². The number of nitrogens with zero attached hydrogens (tertiary/aromatic N) is 1. The molecule has 72 valence electrons. The van der Waals surface area contributed by atoms with Gasteiger partial charge in [0, 0.05) is 19.7 Å². The van der Waals surface area contributed by atoms with Crippen LogP contribution in [0.4, 0.5) is 0 Å². The lowest BCUT2D eigenvalue weighted by Gasteiger charge is -2.15. The lowest BCUT2D eigenvalue weighted by molar-refractivity contribution is 0.222. The average Bonchev–Trinajstić information content (AvgIpc) is 2.16. The van der Waals surface area contributed by atoms with Gasteiger partial charge in [-0.2, -0.15) is 0 Å². The van der Waals surface area contributed by atoms with Gasteiger partial charge in [-0.05, 0) is 12.0 Å². The maximum atomic E-state index is 8.60. The van der Waals surface area contributed by atoms with Crippen molar-refractivity contribution < 1.29 is 5.11 Å². The van der Waals surface area contributed by atoms with Crippen molar-refractivity contribution in [3.63, 3.8) is 0 Å². The normalized spacial score (nSPS) is 10.7. The summed E-state index contributed by atoms with van der Waals surface area (Å²) >= 11 is 0. The van der Waals surface area contributed by atoms with Gasteiger partial charge in [0.2, 0.25) is 0 Å². The van der Waals surface area contributed by atoms with E-state index < -0.39 is 0 Å². The highest BCUT2D eigenvalue weighted by atomic mass is 16.3. The van der Waals surface area contributed by atoms with Crippen LogP contribution < -0.4 is 5.84 Å². The van der Waals surface area contributed by atoms with Crippen LogP contribution in [0.1, 0.15) is 12.0 Å². The van der Waals surface area contributed by atoms with E-state index in [1.54, 1.807) is 5.01 Å².